The smallest absolute Gasteiger partial charge is 0.128 e. The van der Waals surface area contributed by atoms with Crippen LogP contribution in [0.3, 0.4) is 0 Å². The van der Waals surface area contributed by atoms with Crippen molar-refractivity contribution >= 4 is 29.2 Å². The van der Waals surface area contributed by atoms with E-state index in [-0.39, 0.29) is 4.32 Å². The molecule has 1 saturated heterocycles. The number of rotatable bonds is 0. The number of thiocarbonyl (C=S) groups is 1. The van der Waals surface area contributed by atoms with Gasteiger partial charge in [-0.3, -0.25) is 0 Å². The molecular formula is C16H34N2S2. The molecule has 0 aromatic heterocycles. The first-order valence-electron chi connectivity index (χ1n) is 5.92. The summed E-state index contributed by atoms with van der Waals surface area (Å²) in [5.74, 6) is 0. The average molecular weight is 319 g/mol. The third-order valence-electron chi connectivity index (χ3n) is 1.21. The van der Waals surface area contributed by atoms with Gasteiger partial charge in [-0.15, -0.1) is 78.4 Å². The van der Waals surface area contributed by atoms with E-state index in [0.717, 1.165) is 0 Å². The molecule has 0 amide bonds. The van der Waals surface area contributed by atoms with Crippen molar-refractivity contribution < 1.29 is 0 Å². The Morgan fingerprint density at radius 3 is 1.00 bits per heavy atom. The minimum absolute atomic E-state index is 0.194. The average Bonchev–Trinajstić information content (AvgIpc) is 2.58. The van der Waals surface area contributed by atoms with Gasteiger partial charge in [-0.05, 0) is 25.9 Å². The Morgan fingerprint density at radius 2 is 0.950 bits per heavy atom. The largest absolute Gasteiger partial charge is 0.385 e. The zero-order chi connectivity index (χ0) is 17.8. The lowest BCUT2D eigenvalue weighted by molar-refractivity contribution is 0.520. The highest BCUT2D eigenvalue weighted by Gasteiger charge is 1.93. The van der Waals surface area contributed by atoms with Crippen LogP contribution in [0.1, 0.15) is 19.3 Å². The number of hydrogen-bond donors (Lipinski definition) is 3. The summed E-state index contributed by atoms with van der Waals surface area (Å²) in [6, 6.07) is 0. The maximum absolute atomic E-state index is 4.71. The monoisotopic (exact) mass is 318 g/mol. The molecule has 120 valence electrons. The Labute approximate surface area is 138 Å². The first-order chi connectivity index (χ1) is 9.73. The van der Waals surface area contributed by atoms with Crippen LogP contribution in [0.5, 0.6) is 0 Å². The Morgan fingerprint density at radius 1 is 0.750 bits per heavy atom. The zero-order valence-corrected chi connectivity index (χ0v) is 14.8. The Hall–Kier alpha value is -1.10. The Balaban J connectivity index is -0.0000000313. The summed E-state index contributed by atoms with van der Waals surface area (Å²) in [5.41, 5.74) is 4.71. The van der Waals surface area contributed by atoms with Crippen molar-refractivity contribution in [2.75, 3.05) is 13.1 Å². The molecule has 20 heavy (non-hydrogen) atoms. The van der Waals surface area contributed by atoms with Crippen LogP contribution in [-0.4, -0.2) is 17.4 Å². The zero-order valence-electron chi connectivity index (χ0n) is 13.0. The fourth-order valence-corrected chi connectivity index (χ4v) is 0.802. The molecule has 1 rings (SSSR count). The molecule has 1 heterocycles. The topological polar surface area (TPSA) is 38.0 Å². The standard InChI is InChI=1S/C5H11N.5C2H4.CH3NS2/c1-2-4-6-5-3-1;5*1-2;2-1(3)4/h6H,1-5H2;5*1-2H2;(H3,2,3,4). The number of hydrogen-bond acceptors (Lipinski definition) is 2. The highest BCUT2D eigenvalue weighted by molar-refractivity contribution is 8.10. The quantitative estimate of drug-likeness (QED) is 0.337. The summed E-state index contributed by atoms with van der Waals surface area (Å²) in [7, 11) is 0. The fourth-order valence-electron chi connectivity index (χ4n) is 0.802. The molecule has 0 aromatic rings. The van der Waals surface area contributed by atoms with Gasteiger partial charge in [-0.2, -0.15) is 0 Å². The molecule has 2 nitrogen and oxygen atoms in total. The third-order valence-corrected chi connectivity index (χ3v) is 1.21. The van der Waals surface area contributed by atoms with Gasteiger partial charge in [0.2, 0.25) is 0 Å². The van der Waals surface area contributed by atoms with E-state index in [4.69, 9.17) is 5.73 Å². The van der Waals surface area contributed by atoms with Crippen LogP contribution in [0.15, 0.2) is 65.8 Å². The van der Waals surface area contributed by atoms with Gasteiger partial charge in [-0.25, -0.2) is 0 Å². The van der Waals surface area contributed by atoms with Crippen molar-refractivity contribution in [3.8, 4) is 0 Å². The second-order valence-corrected chi connectivity index (χ2v) is 3.37. The second kappa shape index (κ2) is 81.9. The summed E-state index contributed by atoms with van der Waals surface area (Å²) in [6.45, 7) is 32.5. The van der Waals surface area contributed by atoms with Crippen LogP contribution in [0.2, 0.25) is 0 Å². The van der Waals surface area contributed by atoms with Gasteiger partial charge in [0.25, 0.3) is 0 Å². The van der Waals surface area contributed by atoms with Crippen molar-refractivity contribution in [2.24, 2.45) is 5.73 Å². The molecule has 0 aromatic carbocycles. The molecule has 0 saturated carbocycles. The molecule has 1 aliphatic heterocycles. The van der Waals surface area contributed by atoms with Gasteiger partial charge in [0.05, 0.1) is 0 Å². The highest BCUT2D eigenvalue weighted by Crippen LogP contribution is 1.96. The van der Waals surface area contributed by atoms with Crippen molar-refractivity contribution in [1.82, 2.24) is 5.32 Å². The minimum Gasteiger partial charge on any atom is -0.385 e. The number of piperidine rings is 1. The highest BCUT2D eigenvalue weighted by atomic mass is 32.1. The van der Waals surface area contributed by atoms with E-state index in [1.54, 1.807) is 0 Å². The van der Waals surface area contributed by atoms with Crippen LogP contribution in [-0.2, 0) is 0 Å². The van der Waals surface area contributed by atoms with Crippen LogP contribution < -0.4 is 11.1 Å². The first-order valence-corrected chi connectivity index (χ1v) is 6.78. The molecule has 3 N–H and O–H groups in total. The van der Waals surface area contributed by atoms with E-state index in [1.165, 1.54) is 32.4 Å². The number of thiol groups is 1. The van der Waals surface area contributed by atoms with Crippen molar-refractivity contribution in [1.29, 1.82) is 0 Å². The molecule has 1 fully saturated rings. The van der Waals surface area contributed by atoms with Crippen LogP contribution in [0.25, 0.3) is 0 Å². The normalized spacial score (nSPS) is 9.45. The molecule has 0 aliphatic carbocycles. The summed E-state index contributed by atoms with van der Waals surface area (Å²) in [6.07, 6.45) is 4.22. The third kappa shape index (κ3) is 178. The summed E-state index contributed by atoms with van der Waals surface area (Å²) < 4.78 is 0.194. The first kappa shape index (κ1) is 36.4. The molecule has 0 spiro atoms. The lowest BCUT2D eigenvalue weighted by Crippen LogP contribution is -2.21. The molecular weight excluding hydrogens is 284 g/mol. The summed E-state index contributed by atoms with van der Waals surface area (Å²) >= 11 is 7.65. The van der Waals surface area contributed by atoms with E-state index in [9.17, 15) is 0 Å². The molecule has 0 unspecified atom stereocenters. The fraction of sp³-hybridized carbons (Fsp3) is 0.312. The molecule has 4 heteroatoms. The lowest BCUT2D eigenvalue weighted by Gasteiger charge is -2.08. The van der Waals surface area contributed by atoms with E-state index in [1.807, 2.05) is 0 Å². The van der Waals surface area contributed by atoms with E-state index in [0.29, 0.717) is 0 Å². The van der Waals surface area contributed by atoms with Crippen LogP contribution in [0.4, 0.5) is 0 Å². The van der Waals surface area contributed by atoms with E-state index in [2.05, 4.69) is 96.0 Å². The Bertz CT molecular complexity index is 122. The van der Waals surface area contributed by atoms with Crippen LogP contribution >= 0.6 is 24.8 Å². The molecule has 0 radical (unpaired) electrons. The van der Waals surface area contributed by atoms with Crippen molar-refractivity contribution in [2.45, 2.75) is 19.3 Å². The van der Waals surface area contributed by atoms with E-state index >= 15 is 0 Å². The van der Waals surface area contributed by atoms with Gasteiger partial charge in [-0.1, -0.05) is 18.6 Å². The molecule has 1 aliphatic rings. The van der Waals surface area contributed by atoms with Gasteiger partial charge < -0.3 is 11.1 Å². The van der Waals surface area contributed by atoms with E-state index < -0.39 is 0 Å². The van der Waals surface area contributed by atoms with Gasteiger partial charge >= 0.3 is 0 Å². The summed E-state index contributed by atoms with van der Waals surface area (Å²) in [5, 5.41) is 3.28. The van der Waals surface area contributed by atoms with Gasteiger partial charge in [0.15, 0.2) is 0 Å². The second-order valence-electron chi connectivity index (χ2n) is 2.15. The van der Waals surface area contributed by atoms with Gasteiger partial charge in [0.1, 0.15) is 4.32 Å². The SMILES string of the molecule is C1CCNCC1.C=C.C=C.C=C.C=C.C=C.NC(=S)S. The predicted molar refractivity (Wildman–Crippen MR) is 109 cm³/mol. The minimum atomic E-state index is 0.194. The summed E-state index contributed by atoms with van der Waals surface area (Å²) in [4.78, 5) is 0. The number of nitrogens with two attached hydrogens (primary N) is 1. The Kier molecular flexibility index (Phi) is 149. The van der Waals surface area contributed by atoms with Crippen molar-refractivity contribution in [3.05, 3.63) is 65.8 Å². The van der Waals surface area contributed by atoms with Crippen molar-refractivity contribution in [3.63, 3.8) is 0 Å². The maximum atomic E-state index is 4.71. The predicted octanol–water partition coefficient (Wildman–Crippen LogP) is 4.93. The lowest BCUT2D eigenvalue weighted by atomic mass is 10.2. The number of nitrogens with one attached hydrogen (secondary N) is 1. The molecule has 0 bridgehead atoms. The molecule has 0 atom stereocenters. The van der Waals surface area contributed by atoms with Crippen LogP contribution in [0, 0.1) is 0 Å². The maximum Gasteiger partial charge on any atom is 0.128 e. The van der Waals surface area contributed by atoms with Gasteiger partial charge in [0, 0.05) is 0 Å².